The number of likely N-dealkylation sites (tertiary alicyclic amines) is 1. The number of hydrogen-bond donors (Lipinski definition) is 1. The fraction of sp³-hybridized carbons (Fsp3) is 0.944. The highest BCUT2D eigenvalue weighted by atomic mass is 16.6. The highest BCUT2D eigenvalue weighted by Gasteiger charge is 2.31. The van der Waals surface area contributed by atoms with Crippen LogP contribution in [0.5, 0.6) is 0 Å². The van der Waals surface area contributed by atoms with E-state index in [9.17, 15) is 4.79 Å². The van der Waals surface area contributed by atoms with Gasteiger partial charge in [0, 0.05) is 25.7 Å². The Morgan fingerprint density at radius 3 is 2.74 bits per heavy atom. The van der Waals surface area contributed by atoms with E-state index in [1.165, 1.54) is 0 Å². The normalized spacial score (nSPS) is 28.0. The van der Waals surface area contributed by atoms with Crippen LogP contribution in [-0.4, -0.2) is 54.5 Å². The molecule has 2 rings (SSSR count). The maximum absolute atomic E-state index is 12.1. The van der Waals surface area contributed by atoms with Crippen molar-refractivity contribution in [1.29, 1.82) is 0 Å². The molecule has 0 saturated carbocycles. The van der Waals surface area contributed by atoms with E-state index >= 15 is 0 Å². The average Bonchev–Trinajstić information content (AvgIpc) is 2.84. The molecular weight excluding hydrogens is 292 g/mol. The number of amides is 1. The Balaban J connectivity index is 1.65. The van der Waals surface area contributed by atoms with Crippen LogP contribution in [0.4, 0.5) is 4.79 Å². The van der Waals surface area contributed by atoms with Crippen molar-refractivity contribution in [3.8, 4) is 0 Å². The van der Waals surface area contributed by atoms with Crippen molar-refractivity contribution in [1.82, 2.24) is 10.2 Å². The number of hydrogen-bond acceptors (Lipinski definition) is 4. The molecule has 23 heavy (non-hydrogen) atoms. The van der Waals surface area contributed by atoms with Gasteiger partial charge in [-0.1, -0.05) is 0 Å². The Morgan fingerprint density at radius 1 is 1.35 bits per heavy atom. The van der Waals surface area contributed by atoms with E-state index in [0.717, 1.165) is 51.9 Å². The third-order valence-corrected chi connectivity index (χ3v) is 4.62. The molecule has 2 unspecified atom stereocenters. The van der Waals surface area contributed by atoms with E-state index in [1.54, 1.807) is 0 Å². The van der Waals surface area contributed by atoms with Crippen LogP contribution >= 0.6 is 0 Å². The summed E-state index contributed by atoms with van der Waals surface area (Å²) in [6.07, 6.45) is 4.20. The van der Waals surface area contributed by atoms with E-state index in [-0.39, 0.29) is 11.7 Å². The summed E-state index contributed by atoms with van der Waals surface area (Å²) in [6.45, 7) is 13.6. The maximum Gasteiger partial charge on any atom is 0.410 e. The summed E-state index contributed by atoms with van der Waals surface area (Å²) >= 11 is 0. The van der Waals surface area contributed by atoms with Gasteiger partial charge in [0.2, 0.25) is 0 Å². The number of carbonyl (C=O) groups is 1. The zero-order valence-corrected chi connectivity index (χ0v) is 15.5. The summed E-state index contributed by atoms with van der Waals surface area (Å²) in [6, 6.07) is 0.558. The Hall–Kier alpha value is -0.810. The Bertz CT molecular complexity index is 404. The van der Waals surface area contributed by atoms with Gasteiger partial charge >= 0.3 is 6.09 Å². The van der Waals surface area contributed by atoms with Crippen molar-refractivity contribution in [3.05, 3.63) is 0 Å². The molecule has 2 heterocycles. The van der Waals surface area contributed by atoms with Gasteiger partial charge < -0.3 is 19.7 Å². The molecule has 2 aliphatic rings. The summed E-state index contributed by atoms with van der Waals surface area (Å²) in [7, 11) is 0. The molecule has 2 atom stereocenters. The topological polar surface area (TPSA) is 50.8 Å². The van der Waals surface area contributed by atoms with Crippen LogP contribution in [0.1, 0.15) is 60.3 Å². The summed E-state index contributed by atoms with van der Waals surface area (Å²) in [5.74, 6) is 0.586. The van der Waals surface area contributed by atoms with Crippen LogP contribution < -0.4 is 5.32 Å². The molecule has 0 aromatic heterocycles. The number of rotatable bonds is 4. The Kier molecular flexibility index (Phi) is 5.95. The smallest absolute Gasteiger partial charge is 0.410 e. The molecular formula is C18H34N2O3. The first-order valence-corrected chi connectivity index (χ1v) is 9.00. The second-order valence-corrected chi connectivity index (χ2v) is 8.62. The molecule has 1 N–H and O–H groups in total. The molecule has 0 aromatic rings. The molecule has 0 aromatic carbocycles. The Morgan fingerprint density at radius 2 is 2.09 bits per heavy atom. The van der Waals surface area contributed by atoms with Crippen molar-refractivity contribution in [2.45, 2.75) is 77.5 Å². The number of ether oxygens (including phenoxy) is 2. The van der Waals surface area contributed by atoms with E-state index in [4.69, 9.17) is 9.47 Å². The van der Waals surface area contributed by atoms with Crippen LogP contribution in [-0.2, 0) is 9.47 Å². The molecule has 0 spiro atoms. The third-order valence-electron chi connectivity index (χ3n) is 4.62. The highest BCUT2D eigenvalue weighted by molar-refractivity contribution is 5.68. The molecule has 0 radical (unpaired) electrons. The van der Waals surface area contributed by atoms with E-state index < -0.39 is 5.60 Å². The van der Waals surface area contributed by atoms with Gasteiger partial charge in [-0.25, -0.2) is 4.79 Å². The lowest BCUT2D eigenvalue weighted by atomic mass is 9.93. The molecule has 134 valence electrons. The summed E-state index contributed by atoms with van der Waals surface area (Å²) in [4.78, 5) is 13.9. The minimum atomic E-state index is -0.410. The van der Waals surface area contributed by atoms with Crippen LogP contribution in [0.2, 0.25) is 0 Å². The SMILES string of the molecule is CC(C)(C)OC(=O)N1CCC(CCNC2CCOC(C)(C)C2)C1. The molecule has 1 amide bonds. The van der Waals surface area contributed by atoms with Crippen LogP contribution in [0.25, 0.3) is 0 Å². The van der Waals surface area contributed by atoms with Gasteiger partial charge in [-0.05, 0) is 72.8 Å². The minimum Gasteiger partial charge on any atom is -0.444 e. The van der Waals surface area contributed by atoms with Crippen molar-refractivity contribution < 1.29 is 14.3 Å². The van der Waals surface area contributed by atoms with Gasteiger partial charge in [0.25, 0.3) is 0 Å². The molecule has 2 fully saturated rings. The quantitative estimate of drug-likeness (QED) is 0.862. The first kappa shape index (κ1) is 18.5. The largest absolute Gasteiger partial charge is 0.444 e. The number of nitrogens with zero attached hydrogens (tertiary/aromatic N) is 1. The molecule has 5 heteroatoms. The van der Waals surface area contributed by atoms with Gasteiger partial charge in [0.1, 0.15) is 5.60 Å². The Labute approximate surface area is 141 Å². The van der Waals surface area contributed by atoms with Crippen molar-refractivity contribution in [2.24, 2.45) is 5.92 Å². The number of nitrogens with one attached hydrogen (secondary N) is 1. The fourth-order valence-electron chi connectivity index (χ4n) is 3.46. The minimum absolute atomic E-state index is 0.00319. The molecule has 0 aliphatic carbocycles. The summed E-state index contributed by atoms with van der Waals surface area (Å²) in [5.41, 5.74) is -0.413. The third kappa shape index (κ3) is 6.30. The zero-order valence-electron chi connectivity index (χ0n) is 15.5. The predicted molar refractivity (Wildman–Crippen MR) is 91.6 cm³/mol. The predicted octanol–water partition coefficient (Wildman–Crippen LogP) is 3.18. The lowest BCUT2D eigenvalue weighted by molar-refractivity contribution is -0.0628. The molecule has 0 bridgehead atoms. The van der Waals surface area contributed by atoms with Crippen molar-refractivity contribution in [2.75, 3.05) is 26.2 Å². The second-order valence-electron chi connectivity index (χ2n) is 8.62. The van der Waals surface area contributed by atoms with E-state index in [1.807, 2.05) is 25.7 Å². The molecule has 5 nitrogen and oxygen atoms in total. The van der Waals surface area contributed by atoms with Gasteiger partial charge in [0.05, 0.1) is 5.60 Å². The van der Waals surface area contributed by atoms with E-state index in [2.05, 4.69) is 19.2 Å². The van der Waals surface area contributed by atoms with Crippen molar-refractivity contribution in [3.63, 3.8) is 0 Å². The first-order valence-electron chi connectivity index (χ1n) is 9.00. The van der Waals surface area contributed by atoms with Crippen molar-refractivity contribution >= 4 is 6.09 Å². The van der Waals surface area contributed by atoms with Gasteiger partial charge in [0.15, 0.2) is 0 Å². The maximum atomic E-state index is 12.1. The van der Waals surface area contributed by atoms with Crippen LogP contribution in [0.3, 0.4) is 0 Å². The lowest BCUT2D eigenvalue weighted by Gasteiger charge is -2.36. The van der Waals surface area contributed by atoms with Crippen LogP contribution in [0, 0.1) is 5.92 Å². The monoisotopic (exact) mass is 326 g/mol. The lowest BCUT2D eigenvalue weighted by Crippen LogP contribution is -2.44. The van der Waals surface area contributed by atoms with Gasteiger partial charge in [-0.2, -0.15) is 0 Å². The number of carbonyl (C=O) groups excluding carboxylic acids is 1. The fourth-order valence-corrected chi connectivity index (χ4v) is 3.46. The van der Waals surface area contributed by atoms with Gasteiger partial charge in [-0.15, -0.1) is 0 Å². The molecule has 2 aliphatic heterocycles. The van der Waals surface area contributed by atoms with Gasteiger partial charge in [-0.3, -0.25) is 0 Å². The summed E-state index contributed by atoms with van der Waals surface area (Å²) in [5, 5.41) is 3.67. The average molecular weight is 326 g/mol. The second kappa shape index (κ2) is 7.39. The van der Waals surface area contributed by atoms with Crippen LogP contribution in [0.15, 0.2) is 0 Å². The molecule has 2 saturated heterocycles. The first-order chi connectivity index (χ1) is 10.6. The highest BCUT2D eigenvalue weighted by Crippen LogP contribution is 2.25. The zero-order chi connectivity index (χ0) is 17.1. The van der Waals surface area contributed by atoms with E-state index in [0.29, 0.717) is 12.0 Å². The summed E-state index contributed by atoms with van der Waals surface area (Å²) < 4.78 is 11.2. The standard InChI is InChI=1S/C18H34N2O3/c1-17(2,3)23-16(21)20-10-7-14(13-20)6-9-19-15-8-11-22-18(4,5)12-15/h14-15,19H,6-13H2,1-5H3.